The molecule has 4 nitrogen and oxygen atoms in total. The SMILES string of the molecule is CCCNc1cc(C)ccc1C(=O)NC(C)C1CCCO1. The number of amides is 1. The summed E-state index contributed by atoms with van der Waals surface area (Å²) in [4.78, 5) is 12.5. The lowest BCUT2D eigenvalue weighted by Gasteiger charge is -2.21. The van der Waals surface area contributed by atoms with Gasteiger partial charge in [0.2, 0.25) is 0 Å². The Morgan fingerprint density at radius 1 is 1.48 bits per heavy atom. The maximum atomic E-state index is 12.5. The molecule has 0 aromatic heterocycles. The number of ether oxygens (including phenoxy) is 1. The van der Waals surface area contributed by atoms with Gasteiger partial charge in [-0.1, -0.05) is 13.0 Å². The fourth-order valence-electron chi connectivity index (χ4n) is 2.64. The summed E-state index contributed by atoms with van der Waals surface area (Å²) in [5.41, 5.74) is 2.77. The second-order valence-corrected chi connectivity index (χ2v) is 5.79. The summed E-state index contributed by atoms with van der Waals surface area (Å²) in [5, 5.41) is 6.41. The van der Waals surface area contributed by atoms with Crippen LogP contribution in [0.5, 0.6) is 0 Å². The summed E-state index contributed by atoms with van der Waals surface area (Å²) in [6, 6.07) is 5.94. The van der Waals surface area contributed by atoms with Crippen molar-refractivity contribution in [1.82, 2.24) is 5.32 Å². The molecule has 2 unspecified atom stereocenters. The van der Waals surface area contributed by atoms with Crippen LogP contribution in [0.3, 0.4) is 0 Å². The molecular weight excluding hydrogens is 264 g/mol. The highest BCUT2D eigenvalue weighted by Crippen LogP contribution is 2.20. The molecule has 1 aliphatic rings. The predicted octanol–water partition coefficient (Wildman–Crippen LogP) is 3.11. The molecule has 0 aliphatic carbocycles. The van der Waals surface area contributed by atoms with Crippen LogP contribution >= 0.6 is 0 Å². The summed E-state index contributed by atoms with van der Waals surface area (Å²) < 4.78 is 5.64. The third-order valence-electron chi connectivity index (χ3n) is 3.87. The first-order valence-corrected chi connectivity index (χ1v) is 7.88. The lowest BCUT2D eigenvalue weighted by molar-refractivity contribution is 0.0713. The Balaban J connectivity index is 2.06. The van der Waals surface area contributed by atoms with E-state index >= 15 is 0 Å². The highest BCUT2D eigenvalue weighted by atomic mass is 16.5. The van der Waals surface area contributed by atoms with E-state index < -0.39 is 0 Å². The molecule has 0 spiro atoms. The molecular formula is C17H26N2O2. The van der Waals surface area contributed by atoms with Crippen molar-refractivity contribution in [2.24, 2.45) is 0 Å². The number of nitrogens with one attached hydrogen (secondary N) is 2. The van der Waals surface area contributed by atoms with E-state index in [9.17, 15) is 4.79 Å². The van der Waals surface area contributed by atoms with Gasteiger partial charge in [-0.05, 0) is 50.8 Å². The second kappa shape index (κ2) is 7.46. The topological polar surface area (TPSA) is 50.4 Å². The fourth-order valence-corrected chi connectivity index (χ4v) is 2.64. The van der Waals surface area contributed by atoms with Crippen LogP contribution < -0.4 is 10.6 Å². The van der Waals surface area contributed by atoms with Crippen molar-refractivity contribution < 1.29 is 9.53 Å². The maximum absolute atomic E-state index is 12.5. The minimum absolute atomic E-state index is 0.0309. The maximum Gasteiger partial charge on any atom is 0.253 e. The molecule has 1 aromatic carbocycles. The monoisotopic (exact) mass is 290 g/mol. The van der Waals surface area contributed by atoms with Gasteiger partial charge in [0.05, 0.1) is 17.7 Å². The predicted molar refractivity (Wildman–Crippen MR) is 85.9 cm³/mol. The normalized spacial score (nSPS) is 19.3. The van der Waals surface area contributed by atoms with E-state index in [1.54, 1.807) is 0 Å². The van der Waals surface area contributed by atoms with Crippen molar-refractivity contribution in [3.8, 4) is 0 Å². The average molecular weight is 290 g/mol. The molecule has 1 amide bonds. The Kier molecular flexibility index (Phi) is 5.62. The van der Waals surface area contributed by atoms with E-state index in [2.05, 4.69) is 17.6 Å². The van der Waals surface area contributed by atoms with Gasteiger partial charge in [-0.25, -0.2) is 0 Å². The van der Waals surface area contributed by atoms with Gasteiger partial charge in [0.1, 0.15) is 0 Å². The van der Waals surface area contributed by atoms with Crippen LogP contribution in [-0.2, 0) is 4.74 Å². The molecule has 0 bridgehead atoms. The zero-order valence-electron chi connectivity index (χ0n) is 13.2. The highest BCUT2D eigenvalue weighted by Gasteiger charge is 2.24. The number of anilines is 1. The van der Waals surface area contributed by atoms with Crippen LogP contribution in [0.4, 0.5) is 5.69 Å². The number of carbonyl (C=O) groups excluding carboxylic acids is 1. The molecule has 1 fully saturated rings. The summed E-state index contributed by atoms with van der Waals surface area (Å²) >= 11 is 0. The van der Waals surface area contributed by atoms with E-state index in [1.807, 2.05) is 32.0 Å². The minimum Gasteiger partial charge on any atom is -0.384 e. The first kappa shape index (κ1) is 15.8. The molecule has 1 heterocycles. The zero-order valence-corrected chi connectivity index (χ0v) is 13.2. The summed E-state index contributed by atoms with van der Waals surface area (Å²) in [5.74, 6) is -0.0309. The summed E-state index contributed by atoms with van der Waals surface area (Å²) in [7, 11) is 0. The molecule has 0 radical (unpaired) electrons. The third-order valence-corrected chi connectivity index (χ3v) is 3.87. The largest absolute Gasteiger partial charge is 0.384 e. The van der Waals surface area contributed by atoms with Crippen LogP contribution in [0.2, 0.25) is 0 Å². The van der Waals surface area contributed by atoms with Gasteiger partial charge in [0, 0.05) is 18.8 Å². The van der Waals surface area contributed by atoms with Gasteiger partial charge in [0.25, 0.3) is 5.91 Å². The number of aryl methyl sites for hydroxylation is 1. The van der Waals surface area contributed by atoms with Crippen LogP contribution in [0.25, 0.3) is 0 Å². The molecule has 4 heteroatoms. The average Bonchev–Trinajstić information content (AvgIpc) is 2.99. The lowest BCUT2D eigenvalue weighted by atomic mass is 10.1. The minimum atomic E-state index is -0.0309. The number of hydrogen-bond acceptors (Lipinski definition) is 3. The standard InChI is InChI=1S/C17H26N2O2/c1-4-9-18-15-11-12(2)7-8-14(15)17(20)19-13(3)16-6-5-10-21-16/h7-8,11,13,16,18H,4-6,9-10H2,1-3H3,(H,19,20). The van der Waals surface area contributed by atoms with Crippen molar-refractivity contribution in [1.29, 1.82) is 0 Å². The number of rotatable bonds is 6. The van der Waals surface area contributed by atoms with E-state index in [0.717, 1.165) is 43.7 Å². The molecule has 0 saturated carbocycles. The molecule has 1 aromatic rings. The summed E-state index contributed by atoms with van der Waals surface area (Å²) in [6.45, 7) is 7.83. The van der Waals surface area contributed by atoms with E-state index in [0.29, 0.717) is 5.56 Å². The van der Waals surface area contributed by atoms with Crippen molar-refractivity contribution in [3.05, 3.63) is 29.3 Å². The van der Waals surface area contributed by atoms with Gasteiger partial charge in [0.15, 0.2) is 0 Å². The molecule has 21 heavy (non-hydrogen) atoms. The first-order chi connectivity index (χ1) is 10.1. The second-order valence-electron chi connectivity index (χ2n) is 5.79. The van der Waals surface area contributed by atoms with E-state index in [-0.39, 0.29) is 18.1 Å². The van der Waals surface area contributed by atoms with E-state index in [4.69, 9.17) is 4.74 Å². The highest BCUT2D eigenvalue weighted by molar-refractivity contribution is 5.99. The van der Waals surface area contributed by atoms with Gasteiger partial charge in [-0.15, -0.1) is 0 Å². The molecule has 2 N–H and O–H groups in total. The van der Waals surface area contributed by atoms with Gasteiger partial charge >= 0.3 is 0 Å². The molecule has 1 saturated heterocycles. The van der Waals surface area contributed by atoms with Gasteiger partial charge in [-0.3, -0.25) is 4.79 Å². The van der Waals surface area contributed by atoms with Crippen molar-refractivity contribution in [2.75, 3.05) is 18.5 Å². The number of benzene rings is 1. The summed E-state index contributed by atoms with van der Waals surface area (Å²) in [6.07, 6.45) is 3.28. The van der Waals surface area contributed by atoms with Crippen molar-refractivity contribution in [2.45, 2.75) is 52.2 Å². The molecule has 2 rings (SSSR count). The van der Waals surface area contributed by atoms with Gasteiger partial charge in [-0.2, -0.15) is 0 Å². The Bertz CT molecular complexity index is 482. The fraction of sp³-hybridized carbons (Fsp3) is 0.588. The first-order valence-electron chi connectivity index (χ1n) is 7.88. The Morgan fingerprint density at radius 3 is 2.95 bits per heavy atom. The van der Waals surface area contributed by atoms with Crippen LogP contribution in [0, 0.1) is 6.92 Å². The van der Waals surface area contributed by atoms with Crippen molar-refractivity contribution in [3.63, 3.8) is 0 Å². The smallest absolute Gasteiger partial charge is 0.253 e. The molecule has 2 atom stereocenters. The Hall–Kier alpha value is -1.55. The van der Waals surface area contributed by atoms with Gasteiger partial charge < -0.3 is 15.4 Å². The molecule has 116 valence electrons. The third kappa shape index (κ3) is 4.21. The van der Waals surface area contributed by atoms with E-state index in [1.165, 1.54) is 0 Å². The Morgan fingerprint density at radius 2 is 2.29 bits per heavy atom. The quantitative estimate of drug-likeness (QED) is 0.846. The van der Waals surface area contributed by atoms with Crippen molar-refractivity contribution >= 4 is 11.6 Å². The lowest BCUT2D eigenvalue weighted by Crippen LogP contribution is -2.41. The molecule has 1 aliphatic heterocycles. The van der Waals surface area contributed by atoms with Crippen LogP contribution in [0.15, 0.2) is 18.2 Å². The number of carbonyl (C=O) groups is 1. The van der Waals surface area contributed by atoms with Crippen LogP contribution in [-0.4, -0.2) is 31.2 Å². The Labute approximate surface area is 127 Å². The number of hydrogen-bond donors (Lipinski definition) is 2. The zero-order chi connectivity index (χ0) is 15.2. The van der Waals surface area contributed by atoms with Crippen LogP contribution in [0.1, 0.15) is 49.0 Å².